The van der Waals surface area contributed by atoms with Gasteiger partial charge in [0.15, 0.2) is 0 Å². The molecule has 0 aliphatic heterocycles. The SMILES string of the molecule is CCN(CC)C(C)(C)C#Cc1cccs1. The lowest BCUT2D eigenvalue weighted by atomic mass is 10.0. The van der Waals surface area contributed by atoms with Crippen molar-refractivity contribution in [2.45, 2.75) is 33.2 Å². The quantitative estimate of drug-likeness (QED) is 0.708. The first kappa shape index (κ1) is 12.3. The molecule has 0 radical (unpaired) electrons. The zero-order valence-electron chi connectivity index (χ0n) is 10.0. The number of hydrogen-bond donors (Lipinski definition) is 0. The molecule has 0 aliphatic carbocycles. The van der Waals surface area contributed by atoms with E-state index in [1.165, 1.54) is 0 Å². The number of hydrogen-bond acceptors (Lipinski definition) is 2. The Balaban J connectivity index is 2.78. The van der Waals surface area contributed by atoms with Gasteiger partial charge in [-0.15, -0.1) is 11.3 Å². The molecule has 2 heteroatoms. The van der Waals surface area contributed by atoms with Crippen molar-refractivity contribution in [2.24, 2.45) is 0 Å². The summed E-state index contributed by atoms with van der Waals surface area (Å²) in [4.78, 5) is 3.52. The fourth-order valence-electron chi connectivity index (χ4n) is 1.66. The summed E-state index contributed by atoms with van der Waals surface area (Å²) in [7, 11) is 0. The average Bonchev–Trinajstić information content (AvgIpc) is 2.69. The van der Waals surface area contributed by atoms with E-state index in [9.17, 15) is 0 Å². The molecule has 1 heterocycles. The smallest absolute Gasteiger partial charge is 0.0772 e. The molecule has 0 aliphatic rings. The van der Waals surface area contributed by atoms with Gasteiger partial charge in [0.25, 0.3) is 0 Å². The van der Waals surface area contributed by atoms with E-state index in [0.717, 1.165) is 18.0 Å². The van der Waals surface area contributed by atoms with Gasteiger partial charge in [-0.1, -0.05) is 31.8 Å². The predicted octanol–water partition coefficient (Wildman–Crippen LogP) is 3.22. The molecule has 0 aromatic carbocycles. The van der Waals surface area contributed by atoms with Gasteiger partial charge in [-0.3, -0.25) is 4.90 Å². The minimum absolute atomic E-state index is 0.0342. The highest BCUT2D eigenvalue weighted by Crippen LogP contribution is 2.13. The Morgan fingerprint density at radius 2 is 2.00 bits per heavy atom. The van der Waals surface area contributed by atoms with E-state index in [2.05, 4.69) is 55.9 Å². The molecule has 0 atom stereocenters. The van der Waals surface area contributed by atoms with Crippen LogP contribution in [0.25, 0.3) is 0 Å². The highest BCUT2D eigenvalue weighted by Gasteiger charge is 2.20. The minimum atomic E-state index is -0.0342. The van der Waals surface area contributed by atoms with Crippen LogP contribution in [0.1, 0.15) is 32.6 Å². The summed E-state index contributed by atoms with van der Waals surface area (Å²) in [6, 6.07) is 4.11. The predicted molar refractivity (Wildman–Crippen MR) is 68.2 cm³/mol. The van der Waals surface area contributed by atoms with Crippen molar-refractivity contribution >= 4 is 11.3 Å². The molecule has 1 nitrogen and oxygen atoms in total. The Morgan fingerprint density at radius 3 is 2.47 bits per heavy atom. The maximum absolute atomic E-state index is 3.35. The molecule has 1 aromatic heterocycles. The van der Waals surface area contributed by atoms with E-state index in [1.54, 1.807) is 11.3 Å². The summed E-state index contributed by atoms with van der Waals surface area (Å²) in [6.45, 7) is 10.8. The lowest BCUT2D eigenvalue weighted by molar-refractivity contribution is 0.189. The molecule has 0 saturated carbocycles. The topological polar surface area (TPSA) is 3.24 Å². The minimum Gasteiger partial charge on any atom is -0.288 e. The van der Waals surface area contributed by atoms with E-state index in [1.807, 2.05) is 6.07 Å². The summed E-state index contributed by atoms with van der Waals surface area (Å²) in [5.41, 5.74) is -0.0342. The average molecular weight is 221 g/mol. The Hall–Kier alpha value is -0.780. The summed E-state index contributed by atoms with van der Waals surface area (Å²) < 4.78 is 0. The molecule has 1 aromatic rings. The summed E-state index contributed by atoms with van der Waals surface area (Å²) in [6.07, 6.45) is 0. The second-order valence-electron chi connectivity index (χ2n) is 3.96. The molecule has 0 spiro atoms. The van der Waals surface area contributed by atoms with Gasteiger partial charge >= 0.3 is 0 Å². The zero-order valence-corrected chi connectivity index (χ0v) is 10.8. The van der Waals surface area contributed by atoms with E-state index >= 15 is 0 Å². The van der Waals surface area contributed by atoms with Crippen molar-refractivity contribution in [1.82, 2.24) is 4.90 Å². The monoisotopic (exact) mass is 221 g/mol. The highest BCUT2D eigenvalue weighted by molar-refractivity contribution is 7.10. The van der Waals surface area contributed by atoms with Crippen molar-refractivity contribution < 1.29 is 0 Å². The molecule has 0 saturated heterocycles. The summed E-state index contributed by atoms with van der Waals surface area (Å²) in [5.74, 6) is 6.59. The largest absolute Gasteiger partial charge is 0.288 e. The summed E-state index contributed by atoms with van der Waals surface area (Å²) in [5, 5.41) is 2.06. The molecule has 15 heavy (non-hydrogen) atoms. The maximum Gasteiger partial charge on any atom is 0.0772 e. The Bertz CT molecular complexity index is 336. The standard InChI is InChI=1S/C13H19NS/c1-5-14(6-2)13(3,4)10-9-12-8-7-11-15-12/h7-8,11H,5-6H2,1-4H3. The third kappa shape index (κ3) is 3.37. The molecular weight excluding hydrogens is 202 g/mol. The van der Waals surface area contributed by atoms with E-state index < -0.39 is 0 Å². The third-order valence-electron chi connectivity index (χ3n) is 2.57. The van der Waals surface area contributed by atoms with Crippen molar-refractivity contribution in [2.75, 3.05) is 13.1 Å². The normalized spacial score (nSPS) is 11.3. The number of rotatable bonds is 3. The highest BCUT2D eigenvalue weighted by atomic mass is 32.1. The van der Waals surface area contributed by atoms with Gasteiger partial charge in [0, 0.05) is 0 Å². The molecule has 0 amide bonds. The Labute approximate surface area is 97.1 Å². The van der Waals surface area contributed by atoms with Crippen LogP contribution in [0.2, 0.25) is 0 Å². The number of thiophene rings is 1. The Morgan fingerprint density at radius 1 is 1.33 bits per heavy atom. The van der Waals surface area contributed by atoms with E-state index in [4.69, 9.17) is 0 Å². The van der Waals surface area contributed by atoms with E-state index in [0.29, 0.717) is 0 Å². The maximum atomic E-state index is 3.35. The van der Waals surface area contributed by atoms with Crippen LogP contribution in [-0.2, 0) is 0 Å². The molecular formula is C13H19NS. The lowest BCUT2D eigenvalue weighted by Crippen LogP contribution is -2.42. The van der Waals surface area contributed by atoms with Crippen LogP contribution in [0.4, 0.5) is 0 Å². The fourth-order valence-corrected chi connectivity index (χ4v) is 2.23. The zero-order chi connectivity index (χ0) is 11.3. The second kappa shape index (κ2) is 5.34. The van der Waals surface area contributed by atoms with Crippen LogP contribution in [0.3, 0.4) is 0 Å². The van der Waals surface area contributed by atoms with Crippen molar-refractivity contribution in [3.63, 3.8) is 0 Å². The molecule has 82 valence electrons. The van der Waals surface area contributed by atoms with Crippen LogP contribution in [0, 0.1) is 11.8 Å². The van der Waals surface area contributed by atoms with Gasteiger partial charge in [0.2, 0.25) is 0 Å². The van der Waals surface area contributed by atoms with Crippen LogP contribution in [-0.4, -0.2) is 23.5 Å². The second-order valence-corrected chi connectivity index (χ2v) is 4.91. The first-order chi connectivity index (χ1) is 7.10. The van der Waals surface area contributed by atoms with Gasteiger partial charge in [-0.05, 0) is 38.4 Å². The first-order valence-electron chi connectivity index (χ1n) is 5.42. The molecule has 1 rings (SSSR count). The van der Waals surface area contributed by atoms with Gasteiger partial charge in [-0.25, -0.2) is 0 Å². The van der Waals surface area contributed by atoms with Gasteiger partial charge in [0.05, 0.1) is 10.4 Å². The van der Waals surface area contributed by atoms with Crippen LogP contribution >= 0.6 is 11.3 Å². The van der Waals surface area contributed by atoms with Gasteiger partial charge < -0.3 is 0 Å². The molecule has 0 fully saturated rings. The van der Waals surface area contributed by atoms with Crippen molar-refractivity contribution in [1.29, 1.82) is 0 Å². The van der Waals surface area contributed by atoms with Crippen molar-refractivity contribution in [3.8, 4) is 11.8 Å². The van der Waals surface area contributed by atoms with Crippen LogP contribution < -0.4 is 0 Å². The fraction of sp³-hybridized carbons (Fsp3) is 0.538. The number of nitrogens with zero attached hydrogens (tertiary/aromatic N) is 1. The van der Waals surface area contributed by atoms with Gasteiger partial charge in [0.1, 0.15) is 0 Å². The molecule has 0 unspecified atom stereocenters. The molecule has 0 N–H and O–H groups in total. The Kier molecular flexibility index (Phi) is 4.38. The van der Waals surface area contributed by atoms with Crippen LogP contribution in [0.5, 0.6) is 0 Å². The lowest BCUT2D eigenvalue weighted by Gasteiger charge is -2.32. The molecule has 0 bridgehead atoms. The van der Waals surface area contributed by atoms with Gasteiger partial charge in [-0.2, -0.15) is 0 Å². The first-order valence-corrected chi connectivity index (χ1v) is 6.30. The van der Waals surface area contributed by atoms with E-state index in [-0.39, 0.29) is 5.54 Å². The van der Waals surface area contributed by atoms with Crippen molar-refractivity contribution in [3.05, 3.63) is 22.4 Å². The third-order valence-corrected chi connectivity index (χ3v) is 3.35. The van der Waals surface area contributed by atoms with Crippen LogP contribution in [0.15, 0.2) is 17.5 Å². The summed E-state index contributed by atoms with van der Waals surface area (Å²) >= 11 is 1.70.